The molecule has 0 aliphatic carbocycles. The number of benzene rings is 1. The van der Waals surface area contributed by atoms with Gasteiger partial charge in [0.2, 0.25) is 0 Å². The van der Waals surface area contributed by atoms with Gasteiger partial charge in [0.1, 0.15) is 0 Å². The van der Waals surface area contributed by atoms with Gasteiger partial charge in [0, 0.05) is 50.8 Å². The molecule has 2 saturated heterocycles. The second-order valence-electron chi connectivity index (χ2n) is 6.55. The van der Waals surface area contributed by atoms with E-state index in [9.17, 15) is 9.59 Å². The Balaban J connectivity index is 1.65. The molecule has 1 atom stereocenters. The van der Waals surface area contributed by atoms with Crippen molar-refractivity contribution in [1.82, 2.24) is 20.5 Å². The van der Waals surface area contributed by atoms with Crippen LogP contribution in [0.25, 0.3) is 0 Å². The summed E-state index contributed by atoms with van der Waals surface area (Å²) in [5.74, 6) is -0.142. The zero-order chi connectivity index (χ0) is 18.8. The normalized spacial score (nSPS) is 19.9. The number of hydrogen-bond donors (Lipinski definition) is 2. The van der Waals surface area contributed by atoms with Crippen molar-refractivity contribution in [3.05, 3.63) is 58.9 Å². The number of aromatic nitrogens is 1. The highest BCUT2D eigenvalue weighted by atomic mass is 35.5. The highest BCUT2D eigenvalue weighted by Gasteiger charge is 2.31. The van der Waals surface area contributed by atoms with Gasteiger partial charge < -0.3 is 15.5 Å². The van der Waals surface area contributed by atoms with Gasteiger partial charge in [-0.25, -0.2) is 4.79 Å². The average molecular weight is 386 g/mol. The van der Waals surface area contributed by atoms with Gasteiger partial charge in [0.05, 0.1) is 16.6 Å². The molecule has 1 aromatic carbocycles. The van der Waals surface area contributed by atoms with Gasteiger partial charge in [0.15, 0.2) is 0 Å². The fraction of sp³-hybridized carbons (Fsp3) is 0.316. The summed E-state index contributed by atoms with van der Waals surface area (Å²) in [5, 5.41) is 6.48. The summed E-state index contributed by atoms with van der Waals surface area (Å²) in [6.07, 6.45) is 3.50. The molecule has 27 heavy (non-hydrogen) atoms. The minimum atomic E-state index is -0.161. The summed E-state index contributed by atoms with van der Waals surface area (Å²) in [4.78, 5) is 32.9. The molecule has 0 bridgehead atoms. The van der Waals surface area contributed by atoms with Gasteiger partial charge in [0.25, 0.3) is 5.91 Å². The van der Waals surface area contributed by atoms with Crippen molar-refractivity contribution in [2.45, 2.75) is 6.04 Å². The Morgan fingerprint density at radius 3 is 2.85 bits per heavy atom. The van der Waals surface area contributed by atoms with Crippen molar-refractivity contribution >= 4 is 29.2 Å². The third-order valence-electron chi connectivity index (χ3n) is 4.92. The van der Waals surface area contributed by atoms with Crippen LogP contribution in [0.15, 0.2) is 42.7 Å². The van der Waals surface area contributed by atoms with E-state index in [1.165, 1.54) is 0 Å². The number of piperazine rings is 1. The molecule has 2 aromatic rings. The molecule has 3 amide bonds. The van der Waals surface area contributed by atoms with Crippen LogP contribution in [0, 0.1) is 0 Å². The Labute approximate surface area is 162 Å². The minimum Gasteiger partial charge on any atom is -0.336 e. The predicted octanol–water partition coefficient (Wildman–Crippen LogP) is 2.05. The van der Waals surface area contributed by atoms with Crippen molar-refractivity contribution < 1.29 is 9.59 Å². The Kier molecular flexibility index (Phi) is 4.96. The van der Waals surface area contributed by atoms with Gasteiger partial charge >= 0.3 is 6.03 Å². The second kappa shape index (κ2) is 7.54. The third-order valence-corrected chi connectivity index (χ3v) is 5.25. The molecule has 140 valence electrons. The number of halogens is 1. The molecule has 0 radical (unpaired) electrons. The summed E-state index contributed by atoms with van der Waals surface area (Å²) in [6, 6.07) is 8.71. The van der Waals surface area contributed by atoms with E-state index in [-0.39, 0.29) is 18.0 Å². The van der Waals surface area contributed by atoms with Gasteiger partial charge in [-0.1, -0.05) is 17.7 Å². The first-order valence-electron chi connectivity index (χ1n) is 8.91. The molecule has 2 fully saturated rings. The van der Waals surface area contributed by atoms with Crippen LogP contribution in [0.2, 0.25) is 5.02 Å². The molecule has 2 aliphatic heterocycles. The van der Waals surface area contributed by atoms with Gasteiger partial charge in [-0.05, 0) is 29.8 Å². The number of urea groups is 1. The molecular weight excluding hydrogens is 366 g/mol. The van der Waals surface area contributed by atoms with Gasteiger partial charge in [-0.3, -0.25) is 14.7 Å². The van der Waals surface area contributed by atoms with E-state index in [1.54, 1.807) is 35.5 Å². The lowest BCUT2D eigenvalue weighted by molar-refractivity contribution is 0.0634. The molecule has 2 N–H and O–H groups in total. The molecule has 3 heterocycles. The van der Waals surface area contributed by atoms with Gasteiger partial charge in [-0.2, -0.15) is 0 Å². The first kappa shape index (κ1) is 17.8. The molecule has 4 rings (SSSR count). The quantitative estimate of drug-likeness (QED) is 0.847. The first-order valence-corrected chi connectivity index (χ1v) is 9.29. The van der Waals surface area contributed by atoms with Crippen LogP contribution in [0.4, 0.5) is 10.5 Å². The van der Waals surface area contributed by atoms with Crippen LogP contribution in [-0.2, 0) is 0 Å². The lowest BCUT2D eigenvalue weighted by Crippen LogP contribution is -2.48. The summed E-state index contributed by atoms with van der Waals surface area (Å²) in [6.45, 7) is 3.10. The molecule has 7 nitrogen and oxygen atoms in total. The van der Waals surface area contributed by atoms with Crippen LogP contribution in [-0.4, -0.2) is 54.5 Å². The van der Waals surface area contributed by atoms with Crippen molar-refractivity contribution in [3.63, 3.8) is 0 Å². The molecule has 0 spiro atoms. The zero-order valence-corrected chi connectivity index (χ0v) is 15.4. The predicted molar refractivity (Wildman–Crippen MR) is 103 cm³/mol. The Hall–Kier alpha value is -2.64. The fourth-order valence-corrected chi connectivity index (χ4v) is 3.73. The third kappa shape index (κ3) is 3.48. The molecule has 1 unspecified atom stereocenters. The van der Waals surface area contributed by atoms with Crippen molar-refractivity contribution in [1.29, 1.82) is 0 Å². The van der Waals surface area contributed by atoms with Crippen LogP contribution >= 0.6 is 11.6 Å². The number of carbonyl (C=O) groups is 2. The molecule has 2 aliphatic rings. The van der Waals surface area contributed by atoms with E-state index in [2.05, 4.69) is 15.6 Å². The number of carbonyl (C=O) groups excluding carboxylic acids is 2. The topological polar surface area (TPSA) is 77.6 Å². The number of pyridine rings is 1. The highest BCUT2D eigenvalue weighted by Crippen LogP contribution is 2.29. The summed E-state index contributed by atoms with van der Waals surface area (Å²) in [5.41, 5.74) is 2.06. The molecule has 0 saturated carbocycles. The van der Waals surface area contributed by atoms with E-state index in [0.29, 0.717) is 49.0 Å². The smallest absolute Gasteiger partial charge is 0.321 e. The maximum absolute atomic E-state index is 13.3. The number of rotatable bonds is 3. The number of nitrogens with zero attached hydrogens (tertiary/aromatic N) is 3. The largest absolute Gasteiger partial charge is 0.336 e. The summed E-state index contributed by atoms with van der Waals surface area (Å²) in [7, 11) is 0. The average Bonchev–Trinajstić information content (AvgIpc) is 3.14. The van der Waals surface area contributed by atoms with E-state index in [0.717, 1.165) is 5.56 Å². The summed E-state index contributed by atoms with van der Waals surface area (Å²) < 4.78 is 0. The Morgan fingerprint density at radius 1 is 1.22 bits per heavy atom. The zero-order valence-electron chi connectivity index (χ0n) is 14.7. The van der Waals surface area contributed by atoms with E-state index in [1.807, 2.05) is 17.0 Å². The highest BCUT2D eigenvalue weighted by molar-refractivity contribution is 6.34. The van der Waals surface area contributed by atoms with Crippen LogP contribution in [0.5, 0.6) is 0 Å². The summed E-state index contributed by atoms with van der Waals surface area (Å²) >= 11 is 6.35. The van der Waals surface area contributed by atoms with E-state index < -0.39 is 0 Å². The monoisotopic (exact) mass is 385 g/mol. The molecule has 8 heteroatoms. The van der Waals surface area contributed by atoms with Crippen molar-refractivity contribution in [2.75, 3.05) is 37.6 Å². The maximum Gasteiger partial charge on any atom is 0.321 e. The number of nitrogens with one attached hydrogen (secondary N) is 2. The number of anilines is 1. The Bertz CT molecular complexity index is 860. The first-order chi connectivity index (χ1) is 13.1. The van der Waals surface area contributed by atoms with Crippen molar-refractivity contribution in [3.8, 4) is 0 Å². The van der Waals surface area contributed by atoms with Crippen LogP contribution in [0.1, 0.15) is 22.0 Å². The second-order valence-corrected chi connectivity index (χ2v) is 6.96. The molecule has 1 aromatic heterocycles. The van der Waals surface area contributed by atoms with Crippen molar-refractivity contribution in [2.24, 2.45) is 0 Å². The van der Waals surface area contributed by atoms with E-state index >= 15 is 0 Å². The fourth-order valence-electron chi connectivity index (χ4n) is 3.54. The lowest BCUT2D eigenvalue weighted by Gasteiger charge is -2.36. The Morgan fingerprint density at radius 2 is 2.11 bits per heavy atom. The van der Waals surface area contributed by atoms with Crippen LogP contribution in [0.3, 0.4) is 0 Å². The maximum atomic E-state index is 13.3. The molecular formula is C19H20ClN5O2. The standard InChI is InChI=1S/C19H20ClN5O2/c20-16-4-3-14(24-9-7-23-19(24)27)10-15(16)18(26)25-8-6-22-12-17(25)13-2-1-5-21-11-13/h1-5,10-11,17,22H,6-9,12H2,(H,23,27). The SMILES string of the molecule is O=C1NCCN1c1ccc(Cl)c(C(=O)N2CCNCC2c2cccnc2)c1. The minimum absolute atomic E-state index is 0.116. The van der Waals surface area contributed by atoms with E-state index in [4.69, 9.17) is 11.6 Å². The van der Waals surface area contributed by atoms with Crippen LogP contribution < -0.4 is 15.5 Å². The number of amides is 3. The number of hydrogen-bond acceptors (Lipinski definition) is 4. The lowest BCUT2D eigenvalue weighted by atomic mass is 10.0. The van der Waals surface area contributed by atoms with Gasteiger partial charge in [-0.15, -0.1) is 0 Å².